The van der Waals surface area contributed by atoms with E-state index in [2.05, 4.69) is 4.98 Å². The topological polar surface area (TPSA) is 91.5 Å². The zero-order valence-electron chi connectivity index (χ0n) is 15.0. The van der Waals surface area contributed by atoms with Crippen LogP contribution in [0.4, 0.5) is 0 Å². The van der Waals surface area contributed by atoms with E-state index in [4.69, 9.17) is 15.2 Å². The van der Waals surface area contributed by atoms with Gasteiger partial charge in [0, 0.05) is 36.0 Å². The minimum atomic E-state index is -0.580. The van der Waals surface area contributed by atoms with Crippen molar-refractivity contribution in [1.29, 1.82) is 0 Å². The van der Waals surface area contributed by atoms with Crippen molar-refractivity contribution in [3.05, 3.63) is 89.2 Å². The molecule has 1 aliphatic heterocycles. The molecule has 2 N–H and O–H groups in total. The highest BCUT2D eigenvalue weighted by Crippen LogP contribution is 2.34. The number of nitrogens with two attached hydrogens (primary N) is 1. The maximum Gasteiger partial charge on any atom is 0.249 e. The lowest BCUT2D eigenvalue weighted by Gasteiger charge is -2.23. The van der Waals surface area contributed by atoms with E-state index in [9.17, 15) is 9.59 Å². The third-order valence-electron chi connectivity index (χ3n) is 4.61. The van der Waals surface area contributed by atoms with Crippen LogP contribution in [-0.2, 0) is 0 Å². The maximum atomic E-state index is 12.0. The number of fused-ring (bicyclic) bond motifs is 1. The number of hydrogen-bond acceptors (Lipinski definition) is 5. The molecule has 2 aromatic carbocycles. The van der Waals surface area contributed by atoms with Crippen LogP contribution in [-0.4, -0.2) is 23.3 Å². The molecule has 0 spiro atoms. The van der Waals surface area contributed by atoms with Crippen LogP contribution in [0, 0.1) is 0 Å². The van der Waals surface area contributed by atoms with E-state index >= 15 is 0 Å². The average molecular weight is 374 g/mol. The summed E-state index contributed by atoms with van der Waals surface area (Å²) >= 11 is 0. The van der Waals surface area contributed by atoms with Gasteiger partial charge in [-0.15, -0.1) is 0 Å². The van der Waals surface area contributed by atoms with Crippen LogP contribution in [0.25, 0.3) is 0 Å². The molecular weight excluding hydrogens is 356 g/mol. The van der Waals surface area contributed by atoms with E-state index in [0.717, 1.165) is 5.56 Å². The Morgan fingerprint density at radius 1 is 1.11 bits per heavy atom. The predicted octanol–water partition coefficient (Wildman–Crippen LogP) is 3.31. The third kappa shape index (κ3) is 3.44. The number of hydrogen-bond donors (Lipinski definition) is 1. The van der Waals surface area contributed by atoms with Gasteiger partial charge in [-0.25, -0.2) is 0 Å². The van der Waals surface area contributed by atoms with Crippen molar-refractivity contribution in [2.75, 3.05) is 6.61 Å². The van der Waals surface area contributed by atoms with Gasteiger partial charge >= 0.3 is 0 Å². The summed E-state index contributed by atoms with van der Waals surface area (Å²) < 4.78 is 11.9. The minimum Gasteiger partial charge on any atom is -0.492 e. The van der Waals surface area contributed by atoms with Crippen molar-refractivity contribution in [1.82, 2.24) is 4.98 Å². The molecular formula is C22H18N2O4. The maximum absolute atomic E-state index is 12.0. The summed E-state index contributed by atoms with van der Waals surface area (Å²) in [5, 5.41) is 0. The SMILES string of the molecule is NC(=O)c1ccccc1[C@H](Oc1ccc2c(c1)OCCC2=O)c1ccncc1. The van der Waals surface area contributed by atoms with Crippen molar-refractivity contribution in [3.8, 4) is 11.5 Å². The first-order valence-corrected chi connectivity index (χ1v) is 8.89. The molecule has 0 bridgehead atoms. The van der Waals surface area contributed by atoms with Crippen molar-refractivity contribution >= 4 is 11.7 Å². The normalized spacial score (nSPS) is 13.9. The van der Waals surface area contributed by atoms with E-state index in [1.165, 1.54) is 0 Å². The number of aromatic nitrogens is 1. The standard InChI is InChI=1S/C22H18N2O4/c23-22(26)17-4-2-1-3-16(17)21(14-7-10-24-11-8-14)28-15-5-6-18-19(25)9-12-27-20(18)13-15/h1-8,10-11,13,21H,9,12H2,(H2,23,26)/t21-/m1/s1. The van der Waals surface area contributed by atoms with Gasteiger partial charge in [-0.1, -0.05) is 18.2 Å². The highest BCUT2D eigenvalue weighted by molar-refractivity contribution is 5.99. The Morgan fingerprint density at radius 3 is 2.68 bits per heavy atom. The minimum absolute atomic E-state index is 0.0533. The number of amides is 1. The van der Waals surface area contributed by atoms with Crippen LogP contribution < -0.4 is 15.2 Å². The van der Waals surface area contributed by atoms with E-state index in [1.807, 2.05) is 24.3 Å². The summed E-state index contributed by atoms with van der Waals surface area (Å²) in [5.41, 5.74) is 7.97. The third-order valence-corrected chi connectivity index (χ3v) is 4.61. The Balaban J connectivity index is 1.76. The Morgan fingerprint density at radius 2 is 1.89 bits per heavy atom. The lowest BCUT2D eigenvalue weighted by molar-refractivity contribution is 0.0931. The van der Waals surface area contributed by atoms with Gasteiger partial charge in [-0.05, 0) is 35.9 Å². The first-order valence-electron chi connectivity index (χ1n) is 8.89. The molecule has 3 aromatic rings. The smallest absolute Gasteiger partial charge is 0.249 e. The number of carbonyl (C=O) groups excluding carboxylic acids is 2. The highest BCUT2D eigenvalue weighted by atomic mass is 16.5. The molecule has 28 heavy (non-hydrogen) atoms. The molecule has 1 aromatic heterocycles. The zero-order valence-corrected chi connectivity index (χ0v) is 15.0. The predicted molar refractivity (Wildman–Crippen MR) is 103 cm³/mol. The van der Waals surface area contributed by atoms with Crippen LogP contribution in [0.1, 0.15) is 44.4 Å². The fraction of sp³-hybridized carbons (Fsp3) is 0.136. The van der Waals surface area contributed by atoms with Crippen LogP contribution in [0.3, 0.4) is 0 Å². The molecule has 6 heteroatoms. The molecule has 0 unspecified atom stereocenters. The van der Waals surface area contributed by atoms with Gasteiger partial charge in [-0.2, -0.15) is 0 Å². The average Bonchev–Trinajstić information content (AvgIpc) is 2.73. The van der Waals surface area contributed by atoms with Gasteiger partial charge in [-0.3, -0.25) is 14.6 Å². The molecule has 1 amide bonds. The summed E-state index contributed by atoms with van der Waals surface area (Å²) in [6, 6.07) is 15.8. The van der Waals surface area contributed by atoms with Gasteiger partial charge in [0.2, 0.25) is 5.91 Å². The fourth-order valence-corrected chi connectivity index (χ4v) is 3.25. The number of nitrogens with zero attached hydrogens (tertiary/aromatic N) is 1. The molecule has 0 fully saturated rings. The first kappa shape index (κ1) is 17.7. The van der Waals surface area contributed by atoms with Crippen LogP contribution in [0.15, 0.2) is 67.0 Å². The molecule has 6 nitrogen and oxygen atoms in total. The van der Waals surface area contributed by atoms with E-state index in [0.29, 0.717) is 41.2 Å². The van der Waals surface area contributed by atoms with Crippen molar-refractivity contribution in [2.45, 2.75) is 12.5 Å². The van der Waals surface area contributed by atoms with Crippen LogP contribution >= 0.6 is 0 Å². The second-order valence-corrected chi connectivity index (χ2v) is 6.41. The van der Waals surface area contributed by atoms with Gasteiger partial charge in [0.25, 0.3) is 0 Å². The number of rotatable bonds is 5. The Labute approximate surface area is 161 Å². The van der Waals surface area contributed by atoms with Gasteiger partial charge < -0.3 is 15.2 Å². The second-order valence-electron chi connectivity index (χ2n) is 6.41. The second kappa shape index (κ2) is 7.52. The number of primary amides is 1. The van der Waals surface area contributed by atoms with Crippen molar-refractivity contribution in [2.24, 2.45) is 5.73 Å². The molecule has 4 rings (SSSR count). The Kier molecular flexibility index (Phi) is 4.76. The summed E-state index contributed by atoms with van der Waals surface area (Å²) in [6.45, 7) is 0.355. The molecule has 1 atom stereocenters. The number of Topliss-reactive ketones (excluding diaryl/α,β-unsaturated/α-hetero) is 1. The lowest BCUT2D eigenvalue weighted by atomic mass is 9.96. The summed E-state index contributed by atoms with van der Waals surface area (Å²) in [7, 11) is 0. The largest absolute Gasteiger partial charge is 0.492 e. The monoisotopic (exact) mass is 374 g/mol. The van der Waals surface area contributed by atoms with E-state index in [-0.39, 0.29) is 5.78 Å². The number of ether oxygens (including phenoxy) is 2. The summed E-state index contributed by atoms with van der Waals surface area (Å²) in [5.74, 6) is 0.551. The zero-order chi connectivity index (χ0) is 19.5. The summed E-state index contributed by atoms with van der Waals surface area (Å²) in [4.78, 5) is 28.0. The van der Waals surface area contributed by atoms with Crippen molar-refractivity contribution < 1.29 is 19.1 Å². The molecule has 0 radical (unpaired) electrons. The number of benzene rings is 2. The number of carbonyl (C=O) groups is 2. The molecule has 140 valence electrons. The summed E-state index contributed by atoms with van der Waals surface area (Å²) in [6.07, 6.45) is 3.11. The van der Waals surface area contributed by atoms with E-state index in [1.54, 1.807) is 42.7 Å². The van der Waals surface area contributed by atoms with E-state index < -0.39 is 12.0 Å². The fourth-order valence-electron chi connectivity index (χ4n) is 3.25. The number of pyridine rings is 1. The van der Waals surface area contributed by atoms with Crippen LogP contribution in [0.5, 0.6) is 11.5 Å². The first-order chi connectivity index (χ1) is 13.6. The molecule has 0 saturated carbocycles. The molecule has 0 saturated heterocycles. The van der Waals surface area contributed by atoms with Crippen LogP contribution in [0.2, 0.25) is 0 Å². The quantitative estimate of drug-likeness (QED) is 0.740. The molecule has 1 aliphatic rings. The Bertz CT molecular complexity index is 1030. The number of ketones is 1. The van der Waals surface area contributed by atoms with Gasteiger partial charge in [0.15, 0.2) is 5.78 Å². The molecule has 0 aliphatic carbocycles. The van der Waals surface area contributed by atoms with Crippen molar-refractivity contribution in [3.63, 3.8) is 0 Å². The van der Waals surface area contributed by atoms with Gasteiger partial charge in [0.1, 0.15) is 17.6 Å². The lowest BCUT2D eigenvalue weighted by Crippen LogP contribution is -2.19. The van der Waals surface area contributed by atoms with Gasteiger partial charge in [0.05, 0.1) is 12.2 Å². The Hall–Kier alpha value is -3.67. The molecule has 2 heterocycles. The highest BCUT2D eigenvalue weighted by Gasteiger charge is 2.23.